The molecule has 1 aliphatic carbocycles. The predicted molar refractivity (Wildman–Crippen MR) is 168 cm³/mol. The number of rotatable bonds is 13. The van der Waals surface area contributed by atoms with Gasteiger partial charge in [0.2, 0.25) is 5.88 Å². The van der Waals surface area contributed by atoms with E-state index in [0.29, 0.717) is 19.5 Å². The number of aromatic nitrogens is 4. The first-order valence-electron chi connectivity index (χ1n) is 15.2. The molecule has 1 unspecified atom stereocenters. The van der Waals surface area contributed by atoms with Crippen LogP contribution in [0.3, 0.4) is 0 Å². The van der Waals surface area contributed by atoms with Crippen molar-refractivity contribution in [1.29, 1.82) is 0 Å². The molecule has 260 valence electrons. The number of hydrogen-bond acceptors (Lipinski definition) is 9. The molecule has 48 heavy (non-hydrogen) atoms. The summed E-state index contributed by atoms with van der Waals surface area (Å²) in [7, 11) is -4.40. The summed E-state index contributed by atoms with van der Waals surface area (Å²) in [4.78, 5) is 34.0. The summed E-state index contributed by atoms with van der Waals surface area (Å²) < 4.78 is 74.0. The van der Waals surface area contributed by atoms with Crippen molar-refractivity contribution in [2.75, 3.05) is 25.0 Å². The number of anilines is 1. The van der Waals surface area contributed by atoms with Gasteiger partial charge in [0, 0.05) is 30.9 Å². The van der Waals surface area contributed by atoms with Gasteiger partial charge >= 0.3 is 12.3 Å². The highest BCUT2D eigenvalue weighted by molar-refractivity contribution is 7.90. The maximum atomic E-state index is 13.1. The fourth-order valence-corrected chi connectivity index (χ4v) is 7.00. The van der Waals surface area contributed by atoms with E-state index >= 15 is 0 Å². The summed E-state index contributed by atoms with van der Waals surface area (Å²) in [5.41, 5.74) is -2.35. The topological polar surface area (TPSA) is 169 Å². The number of carbonyl (C=O) groups excluding carboxylic acids is 1. The number of nitrogens with one attached hydrogen (secondary N) is 2. The second kappa shape index (κ2) is 13.4. The molecule has 5 rings (SSSR count). The zero-order chi connectivity index (χ0) is 34.9. The minimum atomic E-state index is -4.40. The third-order valence-electron chi connectivity index (χ3n) is 8.68. The molecule has 2 aliphatic rings. The first kappa shape index (κ1) is 35.2. The number of hydrogen-bond donors (Lipinski definition) is 3. The Labute approximate surface area is 279 Å². The zero-order valence-electron chi connectivity index (χ0n) is 26.1. The maximum Gasteiger partial charge on any atom is 0.407 e. The molecule has 1 aliphatic heterocycles. The molecule has 0 radical (unpaired) electrons. The molecular weight excluding hydrogens is 679 g/mol. The largest absolute Gasteiger partial charge is 0.477 e. The Hall–Kier alpha value is -4.12. The van der Waals surface area contributed by atoms with Gasteiger partial charge in [-0.15, -0.1) is 5.10 Å². The first-order valence-corrected chi connectivity index (χ1v) is 17.1. The molecule has 3 aromatic heterocycles. The summed E-state index contributed by atoms with van der Waals surface area (Å²) >= 11 is 6.22. The van der Waals surface area contributed by atoms with Gasteiger partial charge in [0.25, 0.3) is 15.9 Å². The van der Waals surface area contributed by atoms with Gasteiger partial charge in [-0.3, -0.25) is 4.79 Å². The number of halogens is 4. The average Bonchev–Trinajstić information content (AvgIpc) is 3.55. The number of ether oxygens (including phenoxy) is 1. The average molecular weight is 714 g/mol. The fraction of sp³-hybridized carbons (Fsp3) is 0.500. The van der Waals surface area contributed by atoms with Crippen molar-refractivity contribution in [2.45, 2.75) is 69.1 Å². The van der Waals surface area contributed by atoms with Crippen LogP contribution in [0.1, 0.15) is 62.7 Å². The lowest BCUT2D eigenvalue weighted by Gasteiger charge is -2.28. The van der Waals surface area contributed by atoms with Gasteiger partial charge in [0.15, 0.2) is 10.8 Å². The van der Waals surface area contributed by atoms with Crippen LogP contribution >= 0.6 is 11.6 Å². The standard InChI is InChI=1S/C30H35ClF3N7O6S/c1-28(2)17-19(18-40(28)27(43)44)5-4-14-35-21-6-3-7-24(36-21)48(45,46)39-26(42)20-8-9-22(37-25(20)31)41-15-10-23(38-41)47-16-13-29(11-12-29)30(32,33)34/h3,6-10,15,19H,4-5,11-14,16-18H2,1-2H3,(H,35,36)(H,39,42)(H,43,44). The molecule has 1 atom stereocenters. The van der Waals surface area contributed by atoms with Gasteiger partial charge in [-0.1, -0.05) is 17.7 Å². The Kier molecular flexibility index (Phi) is 9.83. The zero-order valence-corrected chi connectivity index (χ0v) is 27.7. The number of amides is 2. The van der Waals surface area contributed by atoms with E-state index < -0.39 is 44.2 Å². The van der Waals surface area contributed by atoms with Crippen LogP contribution in [-0.4, -0.2) is 81.6 Å². The van der Waals surface area contributed by atoms with Gasteiger partial charge in [0.05, 0.1) is 17.6 Å². The van der Waals surface area contributed by atoms with Crippen LogP contribution in [0.15, 0.2) is 47.6 Å². The van der Waals surface area contributed by atoms with E-state index in [-0.39, 0.29) is 60.0 Å². The van der Waals surface area contributed by atoms with E-state index in [1.165, 1.54) is 46.1 Å². The molecule has 3 aromatic rings. The van der Waals surface area contributed by atoms with Crippen molar-refractivity contribution < 1.29 is 41.0 Å². The van der Waals surface area contributed by atoms with Gasteiger partial charge < -0.3 is 20.1 Å². The van der Waals surface area contributed by atoms with E-state index in [1.807, 2.05) is 18.6 Å². The first-order chi connectivity index (χ1) is 22.5. The quantitative estimate of drug-likeness (QED) is 0.152. The Morgan fingerprint density at radius 3 is 2.54 bits per heavy atom. The molecule has 13 nitrogen and oxygen atoms in total. The molecule has 2 fully saturated rings. The van der Waals surface area contributed by atoms with Crippen molar-refractivity contribution >= 4 is 39.4 Å². The summed E-state index contributed by atoms with van der Waals surface area (Å²) in [6.45, 7) is 4.58. The lowest BCUT2D eigenvalue weighted by Crippen LogP contribution is -2.41. The van der Waals surface area contributed by atoms with Crippen LogP contribution < -0.4 is 14.8 Å². The number of alkyl halides is 3. The third-order valence-corrected chi connectivity index (χ3v) is 10.2. The number of sulfonamides is 1. The van der Waals surface area contributed by atoms with Crippen LogP contribution in [0.25, 0.3) is 5.82 Å². The highest BCUT2D eigenvalue weighted by Gasteiger charge is 2.62. The van der Waals surface area contributed by atoms with Gasteiger partial charge in [-0.25, -0.2) is 24.2 Å². The van der Waals surface area contributed by atoms with E-state index in [2.05, 4.69) is 20.4 Å². The van der Waals surface area contributed by atoms with E-state index in [1.54, 1.807) is 6.07 Å². The van der Waals surface area contributed by atoms with E-state index in [4.69, 9.17) is 16.3 Å². The van der Waals surface area contributed by atoms with E-state index in [9.17, 15) is 36.3 Å². The highest BCUT2D eigenvalue weighted by Crippen LogP contribution is 2.59. The van der Waals surface area contributed by atoms with Crippen LogP contribution in [0.4, 0.5) is 23.8 Å². The lowest BCUT2D eigenvalue weighted by atomic mass is 9.93. The second-order valence-electron chi connectivity index (χ2n) is 12.6. The lowest BCUT2D eigenvalue weighted by molar-refractivity contribution is -0.190. The third kappa shape index (κ3) is 7.94. The molecular formula is C30H35ClF3N7O6S. The Morgan fingerprint density at radius 1 is 1.15 bits per heavy atom. The molecule has 4 heterocycles. The number of pyridine rings is 2. The molecule has 0 aromatic carbocycles. The van der Waals surface area contributed by atoms with Gasteiger partial charge in [0.1, 0.15) is 11.0 Å². The van der Waals surface area contributed by atoms with Gasteiger partial charge in [-0.05, 0) is 82.6 Å². The minimum absolute atomic E-state index is 0.0768. The van der Waals surface area contributed by atoms with Crippen molar-refractivity contribution in [1.82, 2.24) is 29.4 Å². The van der Waals surface area contributed by atoms with Crippen molar-refractivity contribution in [3.05, 3.63) is 53.3 Å². The SMILES string of the molecule is CC1(C)CC(CCCNc2cccc(S(=O)(=O)NC(=O)c3ccc(-n4ccc(OCCC5(C(F)(F)F)CC5)n4)nc3Cl)n2)CN1C(=O)O. The van der Waals surface area contributed by atoms with Crippen molar-refractivity contribution in [2.24, 2.45) is 11.3 Å². The monoisotopic (exact) mass is 713 g/mol. The number of likely N-dealkylation sites (tertiary alicyclic amines) is 1. The number of nitrogens with zero attached hydrogens (tertiary/aromatic N) is 5. The summed E-state index contributed by atoms with van der Waals surface area (Å²) in [5.74, 6) is -0.318. The molecule has 1 saturated carbocycles. The Bertz CT molecular complexity index is 1780. The van der Waals surface area contributed by atoms with Crippen molar-refractivity contribution in [3.63, 3.8) is 0 Å². The molecule has 2 amide bonds. The number of carbonyl (C=O) groups is 2. The minimum Gasteiger partial charge on any atom is -0.477 e. The summed E-state index contributed by atoms with van der Waals surface area (Å²) in [5, 5.41) is 15.9. The Morgan fingerprint density at radius 2 is 1.90 bits per heavy atom. The predicted octanol–water partition coefficient (Wildman–Crippen LogP) is 5.52. The molecule has 0 spiro atoms. The molecule has 0 bridgehead atoms. The van der Waals surface area contributed by atoms with Gasteiger partial charge in [-0.2, -0.15) is 21.6 Å². The smallest absolute Gasteiger partial charge is 0.407 e. The van der Waals surface area contributed by atoms with Crippen LogP contribution in [0.5, 0.6) is 5.88 Å². The fourth-order valence-electron chi connectivity index (χ4n) is 5.83. The van der Waals surface area contributed by atoms with Crippen LogP contribution in [-0.2, 0) is 10.0 Å². The Balaban J connectivity index is 1.13. The summed E-state index contributed by atoms with van der Waals surface area (Å²) in [6, 6.07) is 8.35. The molecule has 3 N–H and O–H groups in total. The van der Waals surface area contributed by atoms with Crippen LogP contribution in [0.2, 0.25) is 5.15 Å². The normalized spacial score (nSPS) is 18.4. The molecule has 18 heteroatoms. The second-order valence-corrected chi connectivity index (χ2v) is 14.6. The van der Waals surface area contributed by atoms with E-state index in [0.717, 1.165) is 12.8 Å². The number of carboxylic acid groups (broad SMARTS) is 1. The van der Waals surface area contributed by atoms with Crippen molar-refractivity contribution in [3.8, 4) is 11.7 Å². The maximum absolute atomic E-state index is 13.1. The highest BCUT2D eigenvalue weighted by atomic mass is 35.5. The molecule has 1 saturated heterocycles. The summed E-state index contributed by atoms with van der Waals surface area (Å²) in [6.07, 6.45) is -1.53. The van der Waals surface area contributed by atoms with Crippen LogP contribution in [0, 0.1) is 11.3 Å².